The summed E-state index contributed by atoms with van der Waals surface area (Å²) in [7, 11) is 0. The topological polar surface area (TPSA) is 67.5 Å². The van der Waals surface area contributed by atoms with Crippen molar-refractivity contribution in [3.63, 3.8) is 0 Å². The Bertz CT molecular complexity index is 354. The lowest BCUT2D eigenvalue weighted by atomic mass is 10.1. The summed E-state index contributed by atoms with van der Waals surface area (Å²) in [6.07, 6.45) is 0. The summed E-state index contributed by atoms with van der Waals surface area (Å²) in [5.74, 6) is -0.181. The Morgan fingerprint density at radius 2 is 1.86 bits per heavy atom. The minimum Gasteiger partial charge on any atom is -0.399 e. The summed E-state index contributed by atoms with van der Waals surface area (Å²) in [6, 6.07) is 7.30. The number of amides is 1. The van der Waals surface area contributed by atoms with Crippen LogP contribution in [0.3, 0.4) is 0 Å². The zero-order chi connectivity index (χ0) is 10.6. The molecule has 74 valence electrons. The number of anilines is 1. The van der Waals surface area contributed by atoms with Crippen LogP contribution in [-0.2, 0) is 4.79 Å². The predicted octanol–water partition coefficient (Wildman–Crippen LogP) is 1.13. The molecule has 0 saturated heterocycles. The third-order valence-corrected chi connectivity index (χ3v) is 1.71. The van der Waals surface area contributed by atoms with Crippen LogP contribution >= 0.6 is 0 Å². The van der Waals surface area contributed by atoms with Gasteiger partial charge in [0.15, 0.2) is 0 Å². The van der Waals surface area contributed by atoms with Crippen LogP contribution in [0.1, 0.15) is 19.4 Å². The highest BCUT2D eigenvalue weighted by Gasteiger charge is 1.96. The zero-order valence-electron chi connectivity index (χ0n) is 8.24. The first-order chi connectivity index (χ1) is 6.59. The van der Waals surface area contributed by atoms with E-state index in [2.05, 4.69) is 10.5 Å². The van der Waals surface area contributed by atoms with Gasteiger partial charge in [0.25, 0.3) is 0 Å². The van der Waals surface area contributed by atoms with E-state index in [0.717, 1.165) is 11.3 Å². The molecule has 0 radical (unpaired) electrons. The molecule has 3 N–H and O–H groups in total. The van der Waals surface area contributed by atoms with Crippen LogP contribution in [0.25, 0.3) is 0 Å². The predicted molar refractivity (Wildman–Crippen MR) is 56.9 cm³/mol. The summed E-state index contributed by atoms with van der Waals surface area (Å²) in [6.45, 7) is 3.24. The molecule has 0 aromatic heterocycles. The third-order valence-electron chi connectivity index (χ3n) is 1.71. The Hall–Kier alpha value is -1.84. The van der Waals surface area contributed by atoms with E-state index in [0.29, 0.717) is 5.69 Å². The van der Waals surface area contributed by atoms with Crippen LogP contribution in [0.15, 0.2) is 29.4 Å². The Labute approximate surface area is 82.8 Å². The molecule has 0 saturated carbocycles. The third kappa shape index (κ3) is 2.90. The molecule has 4 heteroatoms. The fraction of sp³-hybridized carbons (Fsp3) is 0.200. The molecule has 0 aliphatic carbocycles. The van der Waals surface area contributed by atoms with Crippen LogP contribution in [0, 0.1) is 0 Å². The van der Waals surface area contributed by atoms with Crippen LogP contribution in [0.2, 0.25) is 0 Å². The first kappa shape index (κ1) is 10.2. The maximum absolute atomic E-state index is 10.6. The zero-order valence-corrected chi connectivity index (χ0v) is 8.24. The molecule has 0 atom stereocenters. The summed E-state index contributed by atoms with van der Waals surface area (Å²) < 4.78 is 0. The van der Waals surface area contributed by atoms with E-state index in [1.165, 1.54) is 6.92 Å². The molecule has 1 rings (SSSR count). The molecule has 0 bridgehead atoms. The number of nitrogen functional groups attached to an aromatic ring is 1. The number of nitrogens with one attached hydrogen (secondary N) is 1. The van der Waals surface area contributed by atoms with Gasteiger partial charge in [0.05, 0.1) is 5.71 Å². The molecule has 0 heterocycles. The molecule has 0 aliphatic heterocycles. The van der Waals surface area contributed by atoms with Gasteiger partial charge in [-0.3, -0.25) is 4.79 Å². The Balaban J connectivity index is 2.78. The van der Waals surface area contributed by atoms with E-state index in [1.54, 1.807) is 12.1 Å². The average molecular weight is 191 g/mol. The first-order valence-electron chi connectivity index (χ1n) is 4.26. The number of hydrogen-bond acceptors (Lipinski definition) is 3. The van der Waals surface area contributed by atoms with Crippen molar-refractivity contribution in [3.05, 3.63) is 29.8 Å². The minimum absolute atomic E-state index is 0.181. The highest BCUT2D eigenvalue weighted by Crippen LogP contribution is 2.06. The molecule has 1 aromatic rings. The molecule has 4 nitrogen and oxygen atoms in total. The van der Waals surface area contributed by atoms with E-state index >= 15 is 0 Å². The number of benzene rings is 1. The van der Waals surface area contributed by atoms with Gasteiger partial charge in [0.1, 0.15) is 0 Å². The number of nitrogens with zero attached hydrogens (tertiary/aromatic N) is 1. The number of carbonyl (C=O) groups is 1. The van der Waals surface area contributed by atoms with E-state index in [1.807, 2.05) is 19.1 Å². The molecule has 0 spiro atoms. The van der Waals surface area contributed by atoms with Crippen LogP contribution < -0.4 is 11.2 Å². The lowest BCUT2D eigenvalue weighted by Crippen LogP contribution is -2.14. The van der Waals surface area contributed by atoms with Crippen molar-refractivity contribution < 1.29 is 4.79 Å². The van der Waals surface area contributed by atoms with Gasteiger partial charge in [0.2, 0.25) is 5.91 Å². The van der Waals surface area contributed by atoms with E-state index in [9.17, 15) is 4.79 Å². The highest BCUT2D eigenvalue weighted by atomic mass is 16.2. The van der Waals surface area contributed by atoms with Crippen molar-refractivity contribution in [1.82, 2.24) is 5.43 Å². The molecular weight excluding hydrogens is 178 g/mol. The normalized spacial score (nSPS) is 11.1. The summed E-state index contributed by atoms with van der Waals surface area (Å²) >= 11 is 0. The number of nitrogens with two attached hydrogens (primary N) is 1. The molecule has 1 aromatic carbocycles. The van der Waals surface area contributed by atoms with E-state index in [4.69, 9.17) is 5.73 Å². The van der Waals surface area contributed by atoms with Gasteiger partial charge in [-0.05, 0) is 24.6 Å². The lowest BCUT2D eigenvalue weighted by Gasteiger charge is -2.01. The van der Waals surface area contributed by atoms with Gasteiger partial charge in [-0.15, -0.1) is 0 Å². The van der Waals surface area contributed by atoms with Crippen LogP contribution in [0.5, 0.6) is 0 Å². The fourth-order valence-corrected chi connectivity index (χ4v) is 0.951. The second-order valence-electron chi connectivity index (χ2n) is 2.99. The lowest BCUT2D eigenvalue weighted by molar-refractivity contribution is -0.118. The molecule has 0 fully saturated rings. The summed E-state index contributed by atoms with van der Waals surface area (Å²) in [4.78, 5) is 10.6. The van der Waals surface area contributed by atoms with Gasteiger partial charge in [-0.25, -0.2) is 5.43 Å². The second kappa shape index (κ2) is 4.41. The van der Waals surface area contributed by atoms with Crippen molar-refractivity contribution in [2.24, 2.45) is 5.10 Å². The molecule has 0 aliphatic rings. The summed E-state index contributed by atoms with van der Waals surface area (Å²) in [5.41, 5.74) is 10.3. The molecule has 14 heavy (non-hydrogen) atoms. The van der Waals surface area contributed by atoms with E-state index < -0.39 is 0 Å². The second-order valence-corrected chi connectivity index (χ2v) is 2.99. The monoisotopic (exact) mass is 191 g/mol. The Morgan fingerprint density at radius 1 is 1.29 bits per heavy atom. The quantitative estimate of drug-likeness (QED) is 0.418. The fourth-order valence-electron chi connectivity index (χ4n) is 0.951. The number of hydrogen-bond donors (Lipinski definition) is 2. The smallest absolute Gasteiger partial charge is 0.236 e. The van der Waals surface area contributed by atoms with Crippen molar-refractivity contribution in [2.45, 2.75) is 13.8 Å². The van der Waals surface area contributed by atoms with Crippen LogP contribution in [0.4, 0.5) is 5.69 Å². The summed E-state index contributed by atoms with van der Waals surface area (Å²) in [5, 5.41) is 3.90. The molecular formula is C10H13N3O. The van der Waals surface area contributed by atoms with Crippen LogP contribution in [-0.4, -0.2) is 11.6 Å². The van der Waals surface area contributed by atoms with Gasteiger partial charge in [0, 0.05) is 12.6 Å². The van der Waals surface area contributed by atoms with Gasteiger partial charge >= 0.3 is 0 Å². The number of hydrazone groups is 1. The molecule has 1 amide bonds. The Kier molecular flexibility index (Phi) is 3.23. The maximum Gasteiger partial charge on any atom is 0.236 e. The SMILES string of the molecule is CC(=O)NN=C(C)c1ccc(N)cc1. The minimum atomic E-state index is -0.181. The average Bonchev–Trinajstić information content (AvgIpc) is 2.15. The largest absolute Gasteiger partial charge is 0.399 e. The Morgan fingerprint density at radius 3 is 2.36 bits per heavy atom. The standard InChI is InChI=1S/C10H13N3O/c1-7(12-13-8(2)14)9-3-5-10(11)6-4-9/h3-6H,11H2,1-2H3,(H,13,14). The first-order valence-corrected chi connectivity index (χ1v) is 4.26. The highest BCUT2D eigenvalue weighted by molar-refractivity contribution is 5.99. The van der Waals surface area contributed by atoms with Crippen molar-refractivity contribution in [3.8, 4) is 0 Å². The van der Waals surface area contributed by atoms with Crippen molar-refractivity contribution in [1.29, 1.82) is 0 Å². The van der Waals surface area contributed by atoms with Crippen molar-refractivity contribution >= 4 is 17.3 Å². The number of rotatable bonds is 2. The van der Waals surface area contributed by atoms with E-state index in [-0.39, 0.29) is 5.91 Å². The van der Waals surface area contributed by atoms with Gasteiger partial charge < -0.3 is 5.73 Å². The number of carbonyl (C=O) groups excluding carboxylic acids is 1. The molecule has 0 unspecified atom stereocenters. The maximum atomic E-state index is 10.6. The van der Waals surface area contributed by atoms with Crippen molar-refractivity contribution in [2.75, 3.05) is 5.73 Å². The van der Waals surface area contributed by atoms with Gasteiger partial charge in [-0.1, -0.05) is 12.1 Å². The van der Waals surface area contributed by atoms with Gasteiger partial charge in [-0.2, -0.15) is 5.10 Å².